The van der Waals surface area contributed by atoms with Crippen LogP contribution in [0.4, 0.5) is 0 Å². The molecule has 1 aromatic rings. The normalized spacial score (nSPS) is 17.5. The zero-order valence-corrected chi connectivity index (χ0v) is 18.5. The van der Waals surface area contributed by atoms with Crippen LogP contribution in [0.2, 0.25) is 0 Å². The lowest BCUT2D eigenvalue weighted by Crippen LogP contribution is -2.42. The molecule has 0 bridgehead atoms. The topological polar surface area (TPSA) is 78.0 Å². The van der Waals surface area contributed by atoms with Gasteiger partial charge in [-0.05, 0) is 30.5 Å². The van der Waals surface area contributed by atoms with Crippen molar-refractivity contribution in [1.82, 2.24) is 14.7 Å². The number of hydrogen-bond acceptors (Lipinski definition) is 4. The zero-order chi connectivity index (χ0) is 22.2. The number of carbonyl (C=O) groups is 4. The third kappa shape index (κ3) is 4.25. The summed E-state index contributed by atoms with van der Waals surface area (Å²) in [7, 11) is 0. The van der Waals surface area contributed by atoms with Gasteiger partial charge in [-0.2, -0.15) is 0 Å². The number of amides is 4. The van der Waals surface area contributed by atoms with Gasteiger partial charge in [-0.15, -0.1) is 0 Å². The Hall–Kier alpha value is -2.70. The molecular weight excluding hydrogens is 382 g/mol. The van der Waals surface area contributed by atoms with E-state index in [0.29, 0.717) is 55.8 Å². The van der Waals surface area contributed by atoms with Crippen molar-refractivity contribution in [3.05, 3.63) is 34.9 Å². The molecule has 0 unspecified atom stereocenters. The van der Waals surface area contributed by atoms with Crippen molar-refractivity contribution in [1.29, 1.82) is 0 Å². The van der Waals surface area contributed by atoms with E-state index in [-0.39, 0.29) is 29.5 Å². The van der Waals surface area contributed by atoms with Crippen LogP contribution in [0.15, 0.2) is 18.2 Å². The Kier molecular flexibility index (Phi) is 6.01. The molecule has 1 fully saturated rings. The second-order valence-corrected chi connectivity index (χ2v) is 9.56. The smallest absolute Gasteiger partial charge is 0.261 e. The van der Waals surface area contributed by atoms with Crippen LogP contribution in [0.1, 0.15) is 72.1 Å². The summed E-state index contributed by atoms with van der Waals surface area (Å²) in [6.45, 7) is 12.1. The maximum absolute atomic E-state index is 13.1. The molecule has 30 heavy (non-hydrogen) atoms. The Morgan fingerprint density at radius 3 is 2.17 bits per heavy atom. The maximum Gasteiger partial charge on any atom is 0.261 e. The van der Waals surface area contributed by atoms with Gasteiger partial charge in [-0.3, -0.25) is 24.1 Å². The Bertz CT molecular complexity index is 885. The van der Waals surface area contributed by atoms with E-state index in [1.54, 1.807) is 23.1 Å². The molecule has 2 aliphatic heterocycles. The van der Waals surface area contributed by atoms with Crippen molar-refractivity contribution >= 4 is 23.6 Å². The van der Waals surface area contributed by atoms with Crippen LogP contribution in [0, 0.1) is 11.3 Å². The first-order valence-electron chi connectivity index (χ1n) is 10.6. The number of benzene rings is 1. The van der Waals surface area contributed by atoms with Gasteiger partial charge in [0.1, 0.15) is 0 Å². The predicted molar refractivity (Wildman–Crippen MR) is 113 cm³/mol. The van der Waals surface area contributed by atoms with E-state index < -0.39 is 5.41 Å². The van der Waals surface area contributed by atoms with E-state index in [0.717, 1.165) is 0 Å². The van der Waals surface area contributed by atoms with Gasteiger partial charge in [0.25, 0.3) is 17.7 Å². The van der Waals surface area contributed by atoms with Gasteiger partial charge in [0.15, 0.2) is 0 Å². The number of hydrogen-bond donors (Lipinski definition) is 0. The lowest BCUT2D eigenvalue weighted by atomic mass is 9.94. The standard InChI is InChI=1S/C23H31N3O4/c1-15(2)14-26-20(28)17-8-7-16(13-18(17)21(26)29)19(27)24-9-6-10-25(12-11-24)22(30)23(3,4)5/h7-8,13,15H,6,9-12,14H2,1-5H3. The number of nitrogens with zero attached hydrogens (tertiary/aromatic N) is 3. The van der Waals surface area contributed by atoms with E-state index in [9.17, 15) is 19.2 Å². The highest BCUT2D eigenvalue weighted by Gasteiger charge is 2.36. The highest BCUT2D eigenvalue weighted by Crippen LogP contribution is 2.26. The summed E-state index contributed by atoms with van der Waals surface area (Å²) in [5.41, 5.74) is 0.603. The SMILES string of the molecule is CC(C)CN1C(=O)c2ccc(C(=O)N3CCCN(C(=O)C(C)(C)C)CC3)cc2C1=O. The predicted octanol–water partition coefficient (Wildman–Crippen LogP) is 2.66. The van der Waals surface area contributed by atoms with Gasteiger partial charge in [-0.25, -0.2) is 0 Å². The zero-order valence-electron chi connectivity index (χ0n) is 18.5. The fourth-order valence-electron chi connectivity index (χ4n) is 3.94. The molecule has 3 rings (SSSR count). The molecular formula is C23H31N3O4. The average Bonchev–Trinajstić information content (AvgIpc) is 2.86. The molecule has 2 aliphatic rings. The monoisotopic (exact) mass is 413 g/mol. The largest absolute Gasteiger partial charge is 0.340 e. The third-order valence-electron chi connectivity index (χ3n) is 5.48. The lowest BCUT2D eigenvalue weighted by Gasteiger charge is -2.28. The maximum atomic E-state index is 13.1. The van der Waals surface area contributed by atoms with E-state index in [2.05, 4.69) is 0 Å². The summed E-state index contributed by atoms with van der Waals surface area (Å²) in [5.74, 6) is -0.553. The minimum atomic E-state index is -0.450. The Balaban J connectivity index is 1.75. The molecule has 0 spiro atoms. The molecule has 2 heterocycles. The average molecular weight is 414 g/mol. The molecule has 7 heteroatoms. The number of rotatable bonds is 3. The Morgan fingerprint density at radius 1 is 0.933 bits per heavy atom. The van der Waals surface area contributed by atoms with Crippen LogP contribution >= 0.6 is 0 Å². The quantitative estimate of drug-likeness (QED) is 0.714. The second-order valence-electron chi connectivity index (χ2n) is 9.56. The number of imide groups is 1. The number of carbonyl (C=O) groups excluding carboxylic acids is 4. The van der Waals surface area contributed by atoms with Gasteiger partial charge in [0, 0.05) is 43.7 Å². The molecule has 162 valence electrons. The molecule has 0 saturated carbocycles. The van der Waals surface area contributed by atoms with Crippen LogP contribution in [-0.4, -0.2) is 71.1 Å². The first-order chi connectivity index (χ1) is 14.0. The fourth-order valence-corrected chi connectivity index (χ4v) is 3.94. The summed E-state index contributed by atoms with van der Waals surface area (Å²) in [6.07, 6.45) is 0.706. The van der Waals surface area contributed by atoms with Crippen molar-refractivity contribution in [3.63, 3.8) is 0 Å². The molecule has 0 N–H and O–H groups in total. The van der Waals surface area contributed by atoms with Crippen LogP contribution in [0.5, 0.6) is 0 Å². The van der Waals surface area contributed by atoms with Crippen LogP contribution < -0.4 is 0 Å². The van der Waals surface area contributed by atoms with E-state index in [1.807, 2.05) is 39.5 Å². The first-order valence-corrected chi connectivity index (χ1v) is 10.6. The third-order valence-corrected chi connectivity index (χ3v) is 5.48. The molecule has 1 saturated heterocycles. The lowest BCUT2D eigenvalue weighted by molar-refractivity contribution is -0.139. The van der Waals surface area contributed by atoms with Crippen molar-refractivity contribution in [2.45, 2.75) is 41.0 Å². The van der Waals surface area contributed by atoms with Crippen molar-refractivity contribution in [2.75, 3.05) is 32.7 Å². The van der Waals surface area contributed by atoms with Crippen LogP contribution in [0.3, 0.4) is 0 Å². The van der Waals surface area contributed by atoms with Gasteiger partial charge in [0.2, 0.25) is 5.91 Å². The Labute approximate surface area is 178 Å². The molecule has 0 aliphatic carbocycles. The molecule has 1 aromatic carbocycles. The van der Waals surface area contributed by atoms with Crippen molar-refractivity contribution in [3.8, 4) is 0 Å². The van der Waals surface area contributed by atoms with Crippen LogP contribution in [0.25, 0.3) is 0 Å². The summed E-state index contributed by atoms with van der Waals surface area (Å²) < 4.78 is 0. The summed E-state index contributed by atoms with van der Waals surface area (Å²) >= 11 is 0. The first kappa shape index (κ1) is 22.0. The molecule has 0 atom stereocenters. The minimum Gasteiger partial charge on any atom is -0.340 e. The molecule has 4 amide bonds. The van der Waals surface area contributed by atoms with Gasteiger partial charge < -0.3 is 9.80 Å². The summed E-state index contributed by atoms with van der Waals surface area (Å²) in [5, 5.41) is 0. The van der Waals surface area contributed by atoms with Gasteiger partial charge >= 0.3 is 0 Å². The van der Waals surface area contributed by atoms with Crippen molar-refractivity contribution < 1.29 is 19.2 Å². The van der Waals surface area contributed by atoms with Crippen molar-refractivity contribution in [2.24, 2.45) is 11.3 Å². The molecule has 0 radical (unpaired) electrons. The highest BCUT2D eigenvalue weighted by atomic mass is 16.2. The fraction of sp³-hybridized carbons (Fsp3) is 0.565. The highest BCUT2D eigenvalue weighted by molar-refractivity contribution is 6.22. The van der Waals surface area contributed by atoms with E-state index in [1.165, 1.54) is 4.90 Å². The van der Waals surface area contributed by atoms with E-state index in [4.69, 9.17) is 0 Å². The Morgan fingerprint density at radius 2 is 1.53 bits per heavy atom. The second kappa shape index (κ2) is 8.20. The van der Waals surface area contributed by atoms with Crippen LogP contribution in [-0.2, 0) is 4.79 Å². The molecule has 0 aromatic heterocycles. The summed E-state index contributed by atoms with van der Waals surface area (Å²) in [6, 6.07) is 4.74. The molecule has 7 nitrogen and oxygen atoms in total. The summed E-state index contributed by atoms with van der Waals surface area (Å²) in [4.78, 5) is 55.7. The minimum absolute atomic E-state index is 0.0867. The van der Waals surface area contributed by atoms with Gasteiger partial charge in [0.05, 0.1) is 11.1 Å². The van der Waals surface area contributed by atoms with E-state index >= 15 is 0 Å². The van der Waals surface area contributed by atoms with Gasteiger partial charge in [-0.1, -0.05) is 34.6 Å². The number of fused-ring (bicyclic) bond motifs is 1.